The SMILES string of the molecule is COC(=O)[C@@H]1C[C@@H](Sc2ccccc2)CN1C(=O)OC(C)(C)C. The van der Waals surface area contributed by atoms with Crippen LogP contribution in [0, 0.1) is 0 Å². The molecule has 1 heterocycles. The van der Waals surface area contributed by atoms with Crippen LogP contribution in [0.2, 0.25) is 0 Å². The molecule has 0 aromatic heterocycles. The molecule has 0 radical (unpaired) electrons. The van der Waals surface area contributed by atoms with Gasteiger partial charge in [-0.2, -0.15) is 0 Å². The number of nitrogens with zero attached hydrogens (tertiary/aromatic N) is 1. The van der Waals surface area contributed by atoms with Crippen molar-refractivity contribution in [1.29, 1.82) is 0 Å². The third kappa shape index (κ3) is 4.89. The van der Waals surface area contributed by atoms with Gasteiger partial charge in [0.05, 0.1) is 7.11 Å². The minimum atomic E-state index is -0.595. The van der Waals surface area contributed by atoms with Gasteiger partial charge >= 0.3 is 12.1 Å². The van der Waals surface area contributed by atoms with E-state index < -0.39 is 23.7 Å². The van der Waals surface area contributed by atoms with Crippen molar-refractivity contribution >= 4 is 23.8 Å². The Morgan fingerprint density at radius 2 is 1.87 bits per heavy atom. The first-order valence-electron chi connectivity index (χ1n) is 7.59. The first-order valence-corrected chi connectivity index (χ1v) is 8.47. The molecule has 0 aliphatic carbocycles. The molecular weight excluding hydrogens is 314 g/mol. The first kappa shape index (κ1) is 17.7. The van der Waals surface area contributed by atoms with Gasteiger partial charge in [-0.3, -0.25) is 4.90 Å². The summed E-state index contributed by atoms with van der Waals surface area (Å²) in [5, 5.41) is 0.133. The number of ether oxygens (including phenoxy) is 2. The van der Waals surface area contributed by atoms with Crippen molar-refractivity contribution in [2.24, 2.45) is 0 Å². The van der Waals surface area contributed by atoms with Crippen LogP contribution in [0.5, 0.6) is 0 Å². The third-order valence-corrected chi connectivity index (χ3v) is 4.63. The summed E-state index contributed by atoms with van der Waals surface area (Å²) >= 11 is 1.66. The van der Waals surface area contributed by atoms with Crippen molar-refractivity contribution in [1.82, 2.24) is 4.90 Å². The summed E-state index contributed by atoms with van der Waals surface area (Å²) in [6.07, 6.45) is 0.0925. The van der Waals surface area contributed by atoms with E-state index in [0.717, 1.165) is 4.90 Å². The highest BCUT2D eigenvalue weighted by Gasteiger charge is 2.42. The Morgan fingerprint density at radius 1 is 1.22 bits per heavy atom. The molecule has 6 heteroatoms. The standard InChI is InChI=1S/C17H23NO4S/c1-17(2,3)22-16(20)18-11-13(10-14(18)15(19)21-4)23-12-8-6-5-7-9-12/h5-9,13-14H,10-11H2,1-4H3/t13-,14+/m1/s1. The maximum atomic E-state index is 12.4. The Morgan fingerprint density at radius 3 is 2.43 bits per heavy atom. The quantitative estimate of drug-likeness (QED) is 0.792. The molecule has 0 saturated carbocycles. The lowest BCUT2D eigenvalue weighted by Crippen LogP contribution is -2.43. The predicted octanol–water partition coefficient (Wildman–Crippen LogP) is 3.33. The number of esters is 1. The average Bonchev–Trinajstić information content (AvgIpc) is 2.90. The molecule has 1 saturated heterocycles. The van der Waals surface area contributed by atoms with Crippen molar-refractivity contribution in [2.75, 3.05) is 13.7 Å². The van der Waals surface area contributed by atoms with E-state index in [4.69, 9.17) is 9.47 Å². The van der Waals surface area contributed by atoms with Gasteiger partial charge in [-0.25, -0.2) is 9.59 Å². The van der Waals surface area contributed by atoms with Gasteiger partial charge in [0.2, 0.25) is 0 Å². The van der Waals surface area contributed by atoms with Gasteiger partial charge in [0.1, 0.15) is 11.6 Å². The van der Waals surface area contributed by atoms with Crippen LogP contribution in [0.1, 0.15) is 27.2 Å². The smallest absolute Gasteiger partial charge is 0.411 e. The summed E-state index contributed by atoms with van der Waals surface area (Å²) in [5.41, 5.74) is -0.595. The maximum Gasteiger partial charge on any atom is 0.411 e. The lowest BCUT2D eigenvalue weighted by atomic mass is 10.2. The number of hydrogen-bond acceptors (Lipinski definition) is 5. The molecule has 126 valence electrons. The lowest BCUT2D eigenvalue weighted by Gasteiger charge is -2.27. The van der Waals surface area contributed by atoms with Crippen LogP contribution in [-0.4, -0.2) is 47.5 Å². The molecular formula is C17H23NO4S. The van der Waals surface area contributed by atoms with Gasteiger partial charge in [-0.1, -0.05) is 18.2 Å². The van der Waals surface area contributed by atoms with Crippen LogP contribution in [0.4, 0.5) is 4.79 Å². The Kier molecular flexibility index (Phi) is 5.57. The number of rotatable bonds is 3. The number of amides is 1. The summed E-state index contributed by atoms with van der Waals surface area (Å²) < 4.78 is 10.3. The van der Waals surface area contributed by atoms with Gasteiger partial charge < -0.3 is 9.47 Å². The number of thioether (sulfide) groups is 1. The Hall–Kier alpha value is -1.69. The maximum absolute atomic E-state index is 12.4. The van der Waals surface area contributed by atoms with Crippen molar-refractivity contribution in [3.05, 3.63) is 30.3 Å². The fraction of sp³-hybridized carbons (Fsp3) is 0.529. The van der Waals surface area contributed by atoms with Crippen molar-refractivity contribution in [2.45, 2.75) is 49.0 Å². The fourth-order valence-electron chi connectivity index (χ4n) is 2.46. The van der Waals surface area contributed by atoms with Crippen molar-refractivity contribution in [3.8, 4) is 0 Å². The molecule has 0 N–H and O–H groups in total. The van der Waals surface area contributed by atoms with Gasteiger partial charge in [0.15, 0.2) is 0 Å². The van der Waals surface area contributed by atoms with E-state index in [-0.39, 0.29) is 5.25 Å². The summed E-state index contributed by atoms with van der Waals surface area (Å²) in [7, 11) is 1.34. The van der Waals surface area contributed by atoms with Crippen LogP contribution in [0.15, 0.2) is 35.2 Å². The summed E-state index contributed by atoms with van der Waals surface area (Å²) in [4.78, 5) is 27.0. The number of carbonyl (C=O) groups is 2. The molecule has 23 heavy (non-hydrogen) atoms. The Balaban J connectivity index is 2.09. The molecule has 0 spiro atoms. The Bertz CT molecular complexity index is 555. The highest BCUT2D eigenvalue weighted by atomic mass is 32.2. The molecule has 0 unspecified atom stereocenters. The molecule has 1 aliphatic heterocycles. The van der Waals surface area contributed by atoms with Crippen molar-refractivity contribution in [3.63, 3.8) is 0 Å². The molecule has 1 aromatic carbocycles. The highest BCUT2D eigenvalue weighted by Crippen LogP contribution is 2.34. The number of benzene rings is 1. The topological polar surface area (TPSA) is 55.8 Å². The van der Waals surface area contributed by atoms with Gasteiger partial charge in [0.25, 0.3) is 0 Å². The molecule has 1 fully saturated rings. The minimum Gasteiger partial charge on any atom is -0.467 e. The second-order valence-corrected chi connectivity index (χ2v) is 7.83. The molecule has 2 atom stereocenters. The van der Waals surface area contributed by atoms with E-state index in [9.17, 15) is 9.59 Å². The molecule has 1 amide bonds. The van der Waals surface area contributed by atoms with E-state index in [0.29, 0.717) is 13.0 Å². The normalized spacial score (nSPS) is 21.1. The van der Waals surface area contributed by atoms with Crippen molar-refractivity contribution < 1.29 is 19.1 Å². The third-order valence-electron chi connectivity index (χ3n) is 3.41. The molecule has 1 aliphatic rings. The van der Waals surface area contributed by atoms with Crippen LogP contribution in [-0.2, 0) is 14.3 Å². The van der Waals surface area contributed by atoms with Crippen LogP contribution in [0.3, 0.4) is 0 Å². The zero-order chi connectivity index (χ0) is 17.0. The summed E-state index contributed by atoms with van der Waals surface area (Å²) in [6.45, 7) is 5.90. The van der Waals surface area contributed by atoms with E-state index in [1.54, 1.807) is 11.8 Å². The minimum absolute atomic E-state index is 0.133. The van der Waals surface area contributed by atoms with Gasteiger partial charge in [-0.05, 0) is 39.3 Å². The molecule has 2 rings (SSSR count). The van der Waals surface area contributed by atoms with Crippen LogP contribution < -0.4 is 0 Å². The second-order valence-electron chi connectivity index (χ2n) is 6.46. The molecule has 1 aromatic rings. The number of hydrogen-bond donors (Lipinski definition) is 0. The largest absolute Gasteiger partial charge is 0.467 e. The van der Waals surface area contributed by atoms with E-state index in [1.807, 2.05) is 51.1 Å². The second kappa shape index (κ2) is 7.25. The summed E-state index contributed by atoms with van der Waals surface area (Å²) in [6, 6.07) is 9.36. The van der Waals surface area contributed by atoms with Gasteiger partial charge in [0, 0.05) is 16.7 Å². The van der Waals surface area contributed by atoms with E-state index in [2.05, 4.69) is 0 Å². The first-order chi connectivity index (χ1) is 10.8. The number of likely N-dealkylation sites (tertiary alicyclic amines) is 1. The summed E-state index contributed by atoms with van der Waals surface area (Å²) in [5.74, 6) is -0.396. The average molecular weight is 337 g/mol. The number of methoxy groups -OCH3 is 1. The van der Waals surface area contributed by atoms with Gasteiger partial charge in [-0.15, -0.1) is 11.8 Å². The van der Waals surface area contributed by atoms with E-state index >= 15 is 0 Å². The monoisotopic (exact) mass is 337 g/mol. The highest BCUT2D eigenvalue weighted by molar-refractivity contribution is 8.00. The fourth-order valence-corrected chi connectivity index (χ4v) is 3.67. The van der Waals surface area contributed by atoms with Crippen LogP contribution >= 0.6 is 11.8 Å². The molecule has 5 nitrogen and oxygen atoms in total. The zero-order valence-electron chi connectivity index (χ0n) is 13.9. The van der Waals surface area contributed by atoms with E-state index in [1.165, 1.54) is 12.0 Å². The molecule has 0 bridgehead atoms. The Labute approximate surface area is 141 Å². The number of carbonyl (C=O) groups excluding carboxylic acids is 2. The lowest BCUT2D eigenvalue weighted by molar-refractivity contribution is -0.145. The zero-order valence-corrected chi connectivity index (χ0v) is 14.8. The predicted molar refractivity (Wildman–Crippen MR) is 89.4 cm³/mol. The van der Waals surface area contributed by atoms with Crippen LogP contribution in [0.25, 0.3) is 0 Å².